The largest absolute Gasteiger partial charge is 0.485 e. The van der Waals surface area contributed by atoms with Gasteiger partial charge in [0.1, 0.15) is 67.4 Å². The first-order chi connectivity index (χ1) is 52.5. The van der Waals surface area contributed by atoms with Gasteiger partial charge in [-0.3, -0.25) is 4.79 Å². The van der Waals surface area contributed by atoms with E-state index >= 15 is 0 Å². The number of ether oxygens (including phenoxy) is 16. The second-order valence-electron chi connectivity index (χ2n) is 24.3. The number of carbonyl (C=O) groups excluding carboxylic acids is 10. The topological polar surface area (TPSA) is 339 Å². The Morgan fingerprint density at radius 3 is 0.917 bits per heavy atom. The zero-order valence-electron chi connectivity index (χ0n) is 63.9. The van der Waals surface area contributed by atoms with E-state index < -0.39 is 83.9 Å². The van der Waals surface area contributed by atoms with Crippen LogP contribution in [0.5, 0.6) is 11.5 Å². The first-order valence-corrected chi connectivity index (χ1v) is 36.2. The van der Waals surface area contributed by atoms with Crippen LogP contribution in [0.4, 0.5) is 0 Å². The third-order valence-electron chi connectivity index (χ3n) is 15.6. The summed E-state index contributed by atoms with van der Waals surface area (Å²) in [7, 11) is 1.34. The number of aliphatic hydroxyl groups excluding tert-OH is 1. The van der Waals surface area contributed by atoms with Gasteiger partial charge in [-0.15, -0.1) is 0 Å². The maximum absolute atomic E-state index is 12.8. The summed E-state index contributed by atoms with van der Waals surface area (Å²) in [6.07, 6.45) is -1.01. The monoisotopic (exact) mass is 1520 g/mol. The number of ketones is 1. The van der Waals surface area contributed by atoms with Gasteiger partial charge < -0.3 is 80.9 Å². The van der Waals surface area contributed by atoms with E-state index in [1.54, 1.807) is 90.1 Å². The van der Waals surface area contributed by atoms with E-state index in [1.807, 2.05) is 13.8 Å². The Bertz CT molecular complexity index is 3830. The Morgan fingerprint density at radius 1 is 0.339 bits per heavy atom. The number of carbonyl (C=O) groups is 10. The fraction of sp³-hybridized carbons (Fsp3) is 0.439. The first kappa shape index (κ1) is 89.2. The summed E-state index contributed by atoms with van der Waals surface area (Å²) in [5, 5.41) is 9.65. The van der Waals surface area contributed by atoms with E-state index in [1.165, 1.54) is 117 Å². The molecule has 27 nitrogen and oxygen atoms in total. The molecule has 6 aromatic rings. The fourth-order valence-corrected chi connectivity index (χ4v) is 10.4. The molecule has 4 saturated heterocycles. The number of hydrogen-bond donors (Lipinski definition) is 1. The van der Waals surface area contributed by atoms with Gasteiger partial charge in [-0.2, -0.15) is 0 Å². The lowest BCUT2D eigenvalue weighted by molar-refractivity contribution is -0.0244. The van der Waals surface area contributed by atoms with E-state index in [9.17, 15) is 53.1 Å². The average Bonchev–Trinajstić information content (AvgIpc) is 1.69. The highest BCUT2D eigenvalue weighted by Gasteiger charge is 2.51. The lowest BCUT2D eigenvalue weighted by Crippen LogP contribution is -2.36. The van der Waals surface area contributed by atoms with Crippen molar-refractivity contribution < 1.29 is 129 Å². The standard InChI is InChI=1S/C35H34O13.C25H28O8.C14H16O6.2C3H8.C2H6/c1-3-41-31(36)21-5-7-23(8-6-21)33(38)43-17-18-44-34(39)24-13-15-26(16-14-24)47-27-19-45-30-28(20-46-29(27)30)48-35(40)25-11-9-22(10-12-25)32(37)42-4-2;1-5-30-22(27)18-9-7-17(8-10-18)21(26)25(3,4)33-16-15-32-24(29)20-13-11-19(12-14-20)23(28)31-6-2;1-17-14(16)8-2-4-9(5-3-8)20-11-7-19-12-10(15)6-18-13(11)12;2*1-3-2;1-2/h5-16,27-30H,3-4,17-20H2,1-2H3;7-14H,5-6,15-16H2,1-4H3;2-5,10-13,15H,6-7H2,1H3;2*3H2,1-2H3;1-2H3/t27-,28-,29?,30?;;10-,11-,12?,13?;;;/m0.0.../s1. The zero-order chi connectivity index (χ0) is 80.0. The number of Topliss-reactive ketones (excluding diaryl/α,β-unsaturated/α-hetero) is 1. The quantitative estimate of drug-likeness (QED) is 0.0217. The predicted octanol–water partition coefficient (Wildman–Crippen LogP) is 11.9. The molecular weight excluding hydrogens is 1420 g/mol. The van der Waals surface area contributed by atoms with E-state index in [4.69, 9.17) is 71.1 Å². The Kier molecular flexibility index (Phi) is 38.2. The second-order valence-corrected chi connectivity index (χ2v) is 24.3. The molecule has 4 aliphatic heterocycles. The van der Waals surface area contributed by atoms with Crippen molar-refractivity contribution in [2.45, 2.75) is 150 Å². The van der Waals surface area contributed by atoms with Crippen LogP contribution in [0.1, 0.15) is 200 Å². The number of esters is 9. The SMILES string of the molecule is CC.CCC.CCC.CCOC(=O)c1ccc(C(=O)OCCOC(=O)c2ccc(O[C@H]3COC4C3OC[C@@H]4OC(=O)c3ccc(C(=O)OCC)cc3)cc2)cc1.CCOC(=O)c1ccc(C(=O)OCCOC(C)(C)C(=O)c2ccc(C(=O)OCC)cc2)cc1.COC(=O)c1ccc(O[C@H]2COC3C2OC[C@@H]3O)cc1. The number of fused-ring (bicyclic) bond motifs is 2. The molecule has 8 atom stereocenters. The van der Waals surface area contributed by atoms with Crippen molar-refractivity contribution in [1.29, 1.82) is 0 Å². The van der Waals surface area contributed by atoms with Crippen LogP contribution in [0, 0.1) is 0 Å². The van der Waals surface area contributed by atoms with Crippen molar-refractivity contribution >= 4 is 59.5 Å². The molecule has 4 aliphatic rings. The summed E-state index contributed by atoms with van der Waals surface area (Å²) >= 11 is 0. The molecule has 10 rings (SSSR count). The highest BCUT2D eigenvalue weighted by atomic mass is 16.7. The maximum atomic E-state index is 12.8. The van der Waals surface area contributed by atoms with Crippen LogP contribution in [0.3, 0.4) is 0 Å². The van der Waals surface area contributed by atoms with Crippen molar-refractivity contribution in [1.82, 2.24) is 0 Å². The van der Waals surface area contributed by atoms with Gasteiger partial charge in [-0.05, 0) is 175 Å². The molecule has 0 radical (unpaired) electrons. The molecule has 0 saturated carbocycles. The Morgan fingerprint density at radius 2 is 0.587 bits per heavy atom. The maximum Gasteiger partial charge on any atom is 0.338 e. The number of benzene rings is 6. The van der Waals surface area contributed by atoms with Crippen molar-refractivity contribution in [3.63, 3.8) is 0 Å². The summed E-state index contributed by atoms with van der Waals surface area (Å²) in [6.45, 7) is 24.2. The summed E-state index contributed by atoms with van der Waals surface area (Å²) in [5.41, 5.74) is 2.08. The highest BCUT2D eigenvalue weighted by molar-refractivity contribution is 6.03. The van der Waals surface area contributed by atoms with Gasteiger partial charge in [-0.1, -0.05) is 66.5 Å². The van der Waals surface area contributed by atoms with Gasteiger partial charge in [0.2, 0.25) is 0 Å². The van der Waals surface area contributed by atoms with Gasteiger partial charge in [0.15, 0.2) is 24.1 Å². The van der Waals surface area contributed by atoms with E-state index in [2.05, 4.69) is 32.4 Å². The van der Waals surface area contributed by atoms with Gasteiger partial charge in [0, 0.05) is 5.56 Å². The second kappa shape index (κ2) is 46.7. The lowest BCUT2D eigenvalue weighted by Gasteiger charge is -2.24. The molecule has 4 heterocycles. The van der Waals surface area contributed by atoms with Crippen molar-refractivity contribution in [2.24, 2.45) is 0 Å². The summed E-state index contributed by atoms with van der Waals surface area (Å²) in [4.78, 5) is 121. The fourth-order valence-electron chi connectivity index (χ4n) is 10.4. The third kappa shape index (κ3) is 27.3. The van der Waals surface area contributed by atoms with Crippen molar-refractivity contribution in [2.75, 3.05) is 86.4 Å². The van der Waals surface area contributed by atoms with Crippen LogP contribution < -0.4 is 9.47 Å². The van der Waals surface area contributed by atoms with Crippen LogP contribution >= 0.6 is 0 Å². The van der Waals surface area contributed by atoms with Gasteiger partial charge >= 0.3 is 53.7 Å². The minimum Gasteiger partial charge on any atom is -0.485 e. The van der Waals surface area contributed by atoms with Gasteiger partial charge in [0.05, 0.1) is 117 Å². The number of hydrogen-bond acceptors (Lipinski definition) is 27. The number of methoxy groups -OCH3 is 1. The molecule has 0 spiro atoms. The molecule has 0 amide bonds. The third-order valence-corrected chi connectivity index (χ3v) is 15.6. The minimum absolute atomic E-state index is 0.00625. The number of rotatable bonds is 27. The van der Waals surface area contributed by atoms with Gasteiger partial charge in [-0.25, -0.2) is 43.2 Å². The van der Waals surface area contributed by atoms with E-state index in [-0.39, 0.29) is 125 Å². The first-order valence-electron chi connectivity index (χ1n) is 36.2. The molecule has 0 aliphatic carbocycles. The Hall–Kier alpha value is -10.4. The smallest absolute Gasteiger partial charge is 0.338 e. The van der Waals surface area contributed by atoms with E-state index in [0.717, 1.165) is 0 Å². The van der Waals surface area contributed by atoms with Crippen LogP contribution in [-0.4, -0.2) is 205 Å². The molecule has 6 aromatic carbocycles. The van der Waals surface area contributed by atoms with Crippen LogP contribution in [0.2, 0.25) is 0 Å². The van der Waals surface area contributed by atoms with Crippen LogP contribution in [-0.2, 0) is 66.3 Å². The average molecular weight is 1520 g/mol. The van der Waals surface area contributed by atoms with Crippen molar-refractivity contribution in [3.05, 3.63) is 201 Å². The van der Waals surface area contributed by atoms with E-state index in [0.29, 0.717) is 51.5 Å². The molecule has 590 valence electrons. The molecular formula is C82H100O27. The molecule has 4 fully saturated rings. The minimum atomic E-state index is -1.17. The summed E-state index contributed by atoms with van der Waals surface area (Å²) in [6, 6.07) is 36.8. The molecule has 27 heteroatoms. The zero-order valence-corrected chi connectivity index (χ0v) is 63.9. The summed E-state index contributed by atoms with van der Waals surface area (Å²) < 4.78 is 85.6. The molecule has 1 N–H and O–H groups in total. The summed E-state index contributed by atoms with van der Waals surface area (Å²) in [5.74, 6) is -3.84. The molecule has 0 aromatic heterocycles. The molecule has 0 bridgehead atoms. The van der Waals surface area contributed by atoms with Crippen LogP contribution in [0.25, 0.3) is 0 Å². The number of aliphatic hydroxyl groups is 1. The lowest BCUT2D eigenvalue weighted by atomic mass is 9.96. The molecule has 109 heavy (non-hydrogen) atoms. The highest BCUT2D eigenvalue weighted by Crippen LogP contribution is 2.33. The Labute approximate surface area is 635 Å². The van der Waals surface area contributed by atoms with Gasteiger partial charge in [0.25, 0.3) is 0 Å². The normalized spacial score (nSPS) is 18.1. The molecule has 4 unspecified atom stereocenters. The van der Waals surface area contributed by atoms with Crippen LogP contribution in [0.15, 0.2) is 146 Å². The Balaban J connectivity index is 0.000000300. The van der Waals surface area contributed by atoms with Crippen molar-refractivity contribution in [3.8, 4) is 11.5 Å². The predicted molar refractivity (Wildman–Crippen MR) is 395 cm³/mol.